The minimum atomic E-state index is 1.12. The van der Waals surface area contributed by atoms with Crippen molar-refractivity contribution in [2.24, 2.45) is 0 Å². The Morgan fingerprint density at radius 1 is 0.381 bits per heavy atom. The Morgan fingerprint density at radius 3 is 1.62 bits per heavy atom. The van der Waals surface area contributed by atoms with Gasteiger partial charge in [-0.25, -0.2) is 0 Å². The maximum Gasteiger partial charge on any atom is -0.00262 e. The van der Waals surface area contributed by atoms with E-state index < -0.39 is 0 Å². The Labute approximate surface area is 245 Å². The van der Waals surface area contributed by atoms with E-state index in [2.05, 4.69) is 146 Å². The van der Waals surface area contributed by atoms with E-state index in [4.69, 9.17) is 0 Å². The van der Waals surface area contributed by atoms with Crippen molar-refractivity contribution in [3.8, 4) is 33.4 Å². The summed E-state index contributed by atoms with van der Waals surface area (Å²) in [7, 11) is 0. The van der Waals surface area contributed by atoms with Gasteiger partial charge in [0.15, 0.2) is 0 Å². The first-order valence-corrected chi connectivity index (χ1v) is 14.9. The smallest absolute Gasteiger partial charge is 0.00262 e. The summed E-state index contributed by atoms with van der Waals surface area (Å²) in [6, 6.07) is 45.3. The molecule has 0 spiro atoms. The van der Waals surface area contributed by atoms with E-state index in [1.54, 1.807) is 0 Å². The van der Waals surface area contributed by atoms with Crippen LogP contribution in [0.3, 0.4) is 0 Å². The zero-order valence-electron chi connectivity index (χ0n) is 23.3. The second-order valence-electron chi connectivity index (χ2n) is 11.6. The molecule has 0 saturated heterocycles. The van der Waals surface area contributed by atoms with Crippen LogP contribution in [0.5, 0.6) is 0 Å². The van der Waals surface area contributed by atoms with Crippen molar-refractivity contribution in [1.82, 2.24) is 0 Å². The van der Waals surface area contributed by atoms with Crippen LogP contribution in [-0.4, -0.2) is 0 Å². The van der Waals surface area contributed by atoms with Crippen LogP contribution in [0, 0.1) is 0 Å². The maximum atomic E-state index is 2.39. The number of hydrogen-bond acceptors (Lipinski definition) is 0. The Hall–Kier alpha value is -5.20. The van der Waals surface area contributed by atoms with Crippen LogP contribution in [0.4, 0.5) is 0 Å². The van der Waals surface area contributed by atoms with Gasteiger partial charge < -0.3 is 0 Å². The SMILES string of the molecule is C1=Cc2ccc(-c3ccc(-c4c5ccccc5c(-c5ccc6c(c5)=CCCC=6)c5ccccc45)cc3)c3cccc1c23. The van der Waals surface area contributed by atoms with Gasteiger partial charge in [0.05, 0.1) is 0 Å². The second kappa shape index (κ2) is 9.16. The molecule has 0 heterocycles. The molecule has 0 aromatic heterocycles. The van der Waals surface area contributed by atoms with Crippen LogP contribution in [-0.2, 0) is 0 Å². The highest BCUT2D eigenvalue weighted by Gasteiger charge is 2.17. The van der Waals surface area contributed by atoms with Gasteiger partial charge in [0.2, 0.25) is 0 Å². The van der Waals surface area contributed by atoms with Crippen LogP contribution in [0.1, 0.15) is 24.0 Å². The first kappa shape index (κ1) is 23.5. The standard InChI is InChI=1S/C42H28/c1-2-9-32-26-33(23-16-27(32)8-1)42-38-13-5-3-11-36(38)41(37-12-4-6-14-39(37)42)31-19-17-28(18-20-31)34-25-24-30-22-21-29-10-7-15-35(34)40(29)30/h3-26H,1-2H2. The second-order valence-corrected chi connectivity index (χ2v) is 11.6. The van der Waals surface area contributed by atoms with Gasteiger partial charge in [-0.15, -0.1) is 0 Å². The highest BCUT2D eigenvalue weighted by molar-refractivity contribution is 6.21. The molecule has 0 N–H and O–H groups in total. The minimum absolute atomic E-state index is 1.12. The zero-order chi connectivity index (χ0) is 27.6. The summed E-state index contributed by atoms with van der Waals surface area (Å²) in [5, 5.41) is 10.6. The van der Waals surface area contributed by atoms with Gasteiger partial charge in [0.1, 0.15) is 0 Å². The highest BCUT2D eigenvalue weighted by Crippen LogP contribution is 2.44. The lowest BCUT2D eigenvalue weighted by Crippen LogP contribution is -2.26. The third-order valence-electron chi connectivity index (χ3n) is 9.23. The van der Waals surface area contributed by atoms with Crippen molar-refractivity contribution < 1.29 is 0 Å². The normalized spacial score (nSPS) is 13.3. The molecule has 0 bridgehead atoms. The fourth-order valence-corrected chi connectivity index (χ4v) is 7.31. The molecule has 9 rings (SSSR count). The summed E-state index contributed by atoms with van der Waals surface area (Å²) in [5.74, 6) is 0. The van der Waals surface area contributed by atoms with E-state index in [0.717, 1.165) is 12.8 Å². The van der Waals surface area contributed by atoms with E-state index in [0.29, 0.717) is 0 Å². The van der Waals surface area contributed by atoms with Crippen molar-refractivity contribution in [2.45, 2.75) is 12.8 Å². The maximum absolute atomic E-state index is 2.39. The van der Waals surface area contributed by atoms with Gasteiger partial charge in [-0.2, -0.15) is 0 Å². The van der Waals surface area contributed by atoms with Gasteiger partial charge in [0.25, 0.3) is 0 Å². The first-order valence-electron chi connectivity index (χ1n) is 14.9. The summed E-state index contributed by atoms with van der Waals surface area (Å²) < 4.78 is 0. The molecule has 0 heteroatoms. The van der Waals surface area contributed by atoms with Gasteiger partial charge in [0, 0.05) is 0 Å². The predicted molar refractivity (Wildman–Crippen MR) is 182 cm³/mol. The van der Waals surface area contributed by atoms with Gasteiger partial charge in [-0.05, 0) is 106 Å². The quantitative estimate of drug-likeness (QED) is 0.199. The summed E-state index contributed by atoms with van der Waals surface area (Å²) >= 11 is 0. The van der Waals surface area contributed by atoms with E-state index in [-0.39, 0.29) is 0 Å². The monoisotopic (exact) mass is 532 g/mol. The Morgan fingerprint density at radius 2 is 0.929 bits per heavy atom. The molecule has 0 fully saturated rings. The third-order valence-corrected chi connectivity index (χ3v) is 9.23. The lowest BCUT2D eigenvalue weighted by atomic mass is 9.85. The first-order chi connectivity index (χ1) is 20.8. The average Bonchev–Trinajstić information content (AvgIpc) is 3.48. The van der Waals surface area contributed by atoms with Crippen LogP contribution in [0.2, 0.25) is 0 Å². The van der Waals surface area contributed by atoms with Gasteiger partial charge in [-0.1, -0.05) is 140 Å². The zero-order valence-corrected chi connectivity index (χ0v) is 23.3. The van der Waals surface area contributed by atoms with E-state index in [1.807, 2.05) is 0 Å². The molecule has 0 aliphatic heterocycles. The largest absolute Gasteiger partial charge is 0.0764 e. The fourth-order valence-electron chi connectivity index (χ4n) is 7.31. The molecular weight excluding hydrogens is 504 g/mol. The molecule has 2 aliphatic carbocycles. The summed E-state index contributed by atoms with van der Waals surface area (Å²) in [5.41, 5.74) is 10.3. The van der Waals surface area contributed by atoms with Gasteiger partial charge in [-0.3, -0.25) is 0 Å². The van der Waals surface area contributed by atoms with Crippen molar-refractivity contribution >= 4 is 56.6 Å². The molecule has 0 atom stereocenters. The van der Waals surface area contributed by atoms with Crippen LogP contribution in [0.25, 0.3) is 90.0 Å². The van der Waals surface area contributed by atoms with Crippen molar-refractivity contribution in [1.29, 1.82) is 0 Å². The Balaban J connectivity index is 1.26. The third kappa shape index (κ3) is 3.49. The molecule has 0 amide bonds. The van der Waals surface area contributed by atoms with Crippen molar-refractivity contribution in [3.63, 3.8) is 0 Å². The molecule has 42 heavy (non-hydrogen) atoms. The Bertz CT molecular complexity index is 2310. The van der Waals surface area contributed by atoms with E-state index >= 15 is 0 Å². The number of hydrogen-bond donors (Lipinski definition) is 0. The molecule has 2 aliphatic rings. The summed E-state index contributed by atoms with van der Waals surface area (Å²) in [6.07, 6.45) is 11.5. The predicted octanol–water partition coefficient (Wildman–Crippen LogP) is 9.99. The molecule has 0 radical (unpaired) electrons. The topological polar surface area (TPSA) is 0 Å². The van der Waals surface area contributed by atoms with E-state index in [1.165, 1.54) is 87.3 Å². The Kier molecular flexibility index (Phi) is 5.12. The average molecular weight is 533 g/mol. The molecular formula is C42H28. The van der Waals surface area contributed by atoms with Crippen LogP contribution in [0.15, 0.2) is 121 Å². The molecule has 0 saturated carbocycles. The van der Waals surface area contributed by atoms with Crippen LogP contribution < -0.4 is 10.4 Å². The molecule has 7 aromatic rings. The number of rotatable bonds is 3. The lowest BCUT2D eigenvalue weighted by molar-refractivity contribution is 1.12. The highest BCUT2D eigenvalue weighted by atomic mass is 14.2. The molecule has 0 unspecified atom stereocenters. The van der Waals surface area contributed by atoms with Crippen molar-refractivity contribution in [2.75, 3.05) is 0 Å². The summed E-state index contributed by atoms with van der Waals surface area (Å²) in [4.78, 5) is 0. The van der Waals surface area contributed by atoms with Crippen LogP contribution >= 0.6 is 0 Å². The molecule has 196 valence electrons. The molecule has 7 aromatic carbocycles. The van der Waals surface area contributed by atoms with Crippen molar-refractivity contribution in [3.05, 3.63) is 143 Å². The summed E-state index contributed by atoms with van der Waals surface area (Å²) in [6.45, 7) is 0. The minimum Gasteiger partial charge on any atom is -0.0764 e. The fraction of sp³-hybridized carbons (Fsp3) is 0.0476. The van der Waals surface area contributed by atoms with Gasteiger partial charge >= 0.3 is 0 Å². The number of fused-ring (bicyclic) bond motifs is 3. The number of benzene rings is 7. The van der Waals surface area contributed by atoms with E-state index in [9.17, 15) is 0 Å². The lowest BCUT2D eigenvalue weighted by Gasteiger charge is -2.18. The molecule has 0 nitrogen and oxygen atoms in total.